The lowest BCUT2D eigenvalue weighted by molar-refractivity contribution is -0.158. The number of rotatable bonds is 5. The molecule has 1 aromatic rings. The van der Waals surface area contributed by atoms with Gasteiger partial charge in [-0.1, -0.05) is 30.5 Å². The van der Waals surface area contributed by atoms with Crippen LogP contribution in [0.15, 0.2) is 24.3 Å². The zero-order chi connectivity index (χ0) is 19.6. The minimum Gasteiger partial charge on any atom is -0.451 e. The molecule has 0 bridgehead atoms. The predicted molar refractivity (Wildman–Crippen MR) is 97.5 cm³/mol. The van der Waals surface area contributed by atoms with Crippen molar-refractivity contribution in [3.05, 3.63) is 29.8 Å². The minimum absolute atomic E-state index is 0.293. The van der Waals surface area contributed by atoms with Crippen molar-refractivity contribution >= 4 is 29.4 Å². The molecule has 144 valence electrons. The summed E-state index contributed by atoms with van der Waals surface area (Å²) in [5.41, 5.74) is 1.66. The number of carbonyl (C=O) groups excluding carboxylic acids is 4. The third-order valence-electron chi connectivity index (χ3n) is 5.22. The zero-order valence-corrected chi connectivity index (χ0v) is 15.6. The number of benzene rings is 1. The summed E-state index contributed by atoms with van der Waals surface area (Å²) in [5.74, 6) is -2.43. The topological polar surface area (TPSA) is 92.8 Å². The van der Waals surface area contributed by atoms with Gasteiger partial charge in [-0.05, 0) is 38.8 Å². The molecule has 3 atom stereocenters. The lowest BCUT2D eigenvalue weighted by Crippen LogP contribution is -2.39. The number of hydrogen-bond donors (Lipinski definition) is 1. The Labute approximate surface area is 158 Å². The van der Waals surface area contributed by atoms with Gasteiger partial charge in [-0.25, -0.2) is 0 Å². The second-order valence-corrected chi connectivity index (χ2v) is 7.25. The van der Waals surface area contributed by atoms with Crippen molar-refractivity contribution < 1.29 is 23.9 Å². The Kier molecular flexibility index (Phi) is 5.58. The first-order chi connectivity index (χ1) is 12.9. The number of likely N-dealkylation sites (tertiary alicyclic amines) is 1. The second kappa shape index (κ2) is 7.90. The monoisotopic (exact) mass is 372 g/mol. The third-order valence-corrected chi connectivity index (χ3v) is 5.22. The van der Waals surface area contributed by atoms with Gasteiger partial charge in [0.15, 0.2) is 6.10 Å². The standard InChI is InChI=1S/C20H24N2O5/c1-12-7-9-14(10-8-12)21-18(24)13(2)27-17(23)11-22-19(25)15-5-3-4-6-16(15)20(22)26/h7-10,13,15-16H,3-6,11H2,1-2H3,(H,21,24)/t13-,15-,16+/m0/s1. The van der Waals surface area contributed by atoms with Gasteiger partial charge in [0, 0.05) is 5.69 Å². The summed E-state index contributed by atoms with van der Waals surface area (Å²) in [6.07, 6.45) is 2.20. The van der Waals surface area contributed by atoms with Crippen molar-refractivity contribution in [1.29, 1.82) is 0 Å². The van der Waals surface area contributed by atoms with Gasteiger partial charge in [0.05, 0.1) is 11.8 Å². The van der Waals surface area contributed by atoms with Crippen LogP contribution < -0.4 is 5.32 Å². The van der Waals surface area contributed by atoms with E-state index in [2.05, 4.69) is 5.32 Å². The van der Waals surface area contributed by atoms with Crippen LogP contribution in [0.3, 0.4) is 0 Å². The van der Waals surface area contributed by atoms with E-state index in [0.717, 1.165) is 23.3 Å². The maximum absolute atomic E-state index is 12.4. The molecule has 7 heteroatoms. The van der Waals surface area contributed by atoms with E-state index in [9.17, 15) is 19.2 Å². The molecule has 0 aromatic heterocycles. The quantitative estimate of drug-likeness (QED) is 0.631. The predicted octanol–water partition coefficient (Wildman–Crippen LogP) is 2.04. The van der Waals surface area contributed by atoms with Crippen molar-refractivity contribution in [2.45, 2.75) is 45.6 Å². The summed E-state index contributed by atoms with van der Waals surface area (Å²) < 4.78 is 5.12. The smallest absolute Gasteiger partial charge is 0.326 e. The number of nitrogens with one attached hydrogen (secondary N) is 1. The van der Waals surface area contributed by atoms with E-state index in [1.54, 1.807) is 12.1 Å². The van der Waals surface area contributed by atoms with E-state index in [1.165, 1.54) is 6.92 Å². The molecule has 1 aromatic carbocycles. The highest BCUT2D eigenvalue weighted by atomic mass is 16.5. The normalized spacial score (nSPS) is 23.0. The molecule has 3 amide bonds. The fraction of sp³-hybridized carbons (Fsp3) is 0.500. The maximum atomic E-state index is 12.4. The van der Waals surface area contributed by atoms with Gasteiger partial charge in [0.1, 0.15) is 6.54 Å². The number of carbonyl (C=O) groups is 4. The van der Waals surface area contributed by atoms with Crippen molar-refractivity contribution in [2.24, 2.45) is 11.8 Å². The molecule has 27 heavy (non-hydrogen) atoms. The number of fused-ring (bicyclic) bond motifs is 1. The van der Waals surface area contributed by atoms with Gasteiger partial charge >= 0.3 is 5.97 Å². The Bertz CT molecular complexity index is 734. The molecule has 1 N–H and O–H groups in total. The van der Waals surface area contributed by atoms with E-state index in [0.29, 0.717) is 18.5 Å². The van der Waals surface area contributed by atoms with Crippen LogP contribution in [0.1, 0.15) is 38.2 Å². The number of imide groups is 1. The fourth-order valence-corrected chi connectivity index (χ4v) is 3.68. The first-order valence-corrected chi connectivity index (χ1v) is 9.29. The average molecular weight is 372 g/mol. The molecule has 2 fully saturated rings. The van der Waals surface area contributed by atoms with E-state index < -0.39 is 24.5 Å². The first-order valence-electron chi connectivity index (χ1n) is 9.29. The highest BCUT2D eigenvalue weighted by molar-refractivity contribution is 6.07. The Morgan fingerprint density at radius 2 is 1.67 bits per heavy atom. The number of aryl methyl sites for hydroxylation is 1. The lowest BCUT2D eigenvalue weighted by Gasteiger charge is -2.19. The van der Waals surface area contributed by atoms with Crippen LogP contribution >= 0.6 is 0 Å². The summed E-state index contributed by atoms with van der Waals surface area (Å²) in [5, 5.41) is 2.66. The first kappa shape index (κ1) is 19.1. The molecule has 2 aliphatic rings. The Morgan fingerprint density at radius 1 is 1.11 bits per heavy atom. The fourth-order valence-electron chi connectivity index (χ4n) is 3.68. The maximum Gasteiger partial charge on any atom is 0.326 e. The number of anilines is 1. The van der Waals surface area contributed by atoms with Crippen LogP contribution in [0.4, 0.5) is 5.69 Å². The number of amides is 3. The number of ether oxygens (including phenoxy) is 1. The van der Waals surface area contributed by atoms with E-state index in [4.69, 9.17) is 4.74 Å². The van der Waals surface area contributed by atoms with Crippen LogP contribution in [0.5, 0.6) is 0 Å². The Morgan fingerprint density at radius 3 is 2.22 bits per heavy atom. The summed E-state index contributed by atoms with van der Waals surface area (Å²) in [6, 6.07) is 7.23. The van der Waals surface area contributed by atoms with Crippen LogP contribution in [0, 0.1) is 18.8 Å². The second-order valence-electron chi connectivity index (χ2n) is 7.25. The molecule has 0 radical (unpaired) electrons. The summed E-state index contributed by atoms with van der Waals surface area (Å²) in [7, 11) is 0. The van der Waals surface area contributed by atoms with Crippen molar-refractivity contribution in [3.63, 3.8) is 0 Å². The average Bonchev–Trinajstić information content (AvgIpc) is 2.89. The van der Waals surface area contributed by atoms with Gasteiger partial charge < -0.3 is 10.1 Å². The molecular formula is C20H24N2O5. The minimum atomic E-state index is -1.03. The van der Waals surface area contributed by atoms with E-state index >= 15 is 0 Å². The molecule has 0 unspecified atom stereocenters. The molecule has 0 spiro atoms. The molecule has 3 rings (SSSR count). The summed E-state index contributed by atoms with van der Waals surface area (Å²) in [6.45, 7) is 2.95. The molecule has 1 heterocycles. The SMILES string of the molecule is Cc1ccc(NC(=O)[C@H](C)OC(=O)CN2C(=O)[C@H]3CCCC[C@H]3C2=O)cc1. The van der Waals surface area contributed by atoms with Gasteiger partial charge in [0.2, 0.25) is 11.8 Å². The number of hydrogen-bond acceptors (Lipinski definition) is 5. The zero-order valence-electron chi connectivity index (χ0n) is 15.6. The summed E-state index contributed by atoms with van der Waals surface area (Å²) in [4.78, 5) is 50.1. The van der Waals surface area contributed by atoms with Crippen molar-refractivity contribution in [3.8, 4) is 0 Å². The Balaban J connectivity index is 1.53. The highest BCUT2D eigenvalue weighted by Gasteiger charge is 2.48. The van der Waals surface area contributed by atoms with Gasteiger partial charge in [0.25, 0.3) is 5.91 Å². The largest absolute Gasteiger partial charge is 0.451 e. The van der Waals surface area contributed by atoms with Crippen molar-refractivity contribution in [2.75, 3.05) is 11.9 Å². The van der Waals surface area contributed by atoms with Gasteiger partial charge in [-0.15, -0.1) is 0 Å². The third kappa shape index (κ3) is 4.18. The molecule has 1 saturated carbocycles. The molecule has 1 saturated heterocycles. The van der Waals surface area contributed by atoms with Crippen LogP contribution in [0.2, 0.25) is 0 Å². The molecule has 7 nitrogen and oxygen atoms in total. The molecular weight excluding hydrogens is 348 g/mol. The number of esters is 1. The highest BCUT2D eigenvalue weighted by Crippen LogP contribution is 2.37. The van der Waals surface area contributed by atoms with Crippen LogP contribution in [-0.4, -0.2) is 41.2 Å². The van der Waals surface area contributed by atoms with E-state index in [1.807, 2.05) is 19.1 Å². The van der Waals surface area contributed by atoms with Crippen LogP contribution in [-0.2, 0) is 23.9 Å². The van der Waals surface area contributed by atoms with E-state index in [-0.39, 0.29) is 23.7 Å². The van der Waals surface area contributed by atoms with Crippen LogP contribution in [0.25, 0.3) is 0 Å². The van der Waals surface area contributed by atoms with Crippen molar-refractivity contribution in [1.82, 2.24) is 4.90 Å². The Hall–Kier alpha value is -2.70. The van der Waals surface area contributed by atoms with Gasteiger partial charge in [-0.2, -0.15) is 0 Å². The molecule has 1 aliphatic carbocycles. The number of nitrogens with zero attached hydrogens (tertiary/aromatic N) is 1. The lowest BCUT2D eigenvalue weighted by atomic mass is 9.81. The van der Waals surface area contributed by atoms with Gasteiger partial charge in [-0.3, -0.25) is 24.1 Å². The summed E-state index contributed by atoms with van der Waals surface area (Å²) >= 11 is 0. The molecule has 1 aliphatic heterocycles.